The van der Waals surface area contributed by atoms with E-state index in [9.17, 15) is 9.18 Å². The van der Waals surface area contributed by atoms with Gasteiger partial charge in [0, 0.05) is 38.4 Å². The van der Waals surface area contributed by atoms with Gasteiger partial charge < -0.3 is 9.80 Å². The predicted octanol–water partition coefficient (Wildman–Crippen LogP) is 2.55. The summed E-state index contributed by atoms with van der Waals surface area (Å²) in [7, 11) is 3.79. The minimum atomic E-state index is -0.248. The van der Waals surface area contributed by atoms with Crippen molar-refractivity contribution in [1.29, 1.82) is 0 Å². The molecule has 1 amide bonds. The Morgan fingerprint density at radius 3 is 2.55 bits per heavy atom. The molecule has 22 heavy (non-hydrogen) atoms. The molecule has 4 nitrogen and oxygen atoms in total. The average molecular weight is 307 g/mol. The van der Waals surface area contributed by atoms with Crippen molar-refractivity contribution in [2.75, 3.05) is 25.5 Å². The van der Waals surface area contributed by atoms with Gasteiger partial charge in [-0.05, 0) is 44.9 Å². The Morgan fingerprint density at radius 1 is 1.32 bits per heavy atom. The normalized spacial score (nSPS) is 19.9. The third kappa shape index (κ3) is 3.40. The van der Waals surface area contributed by atoms with Gasteiger partial charge in [-0.2, -0.15) is 0 Å². The predicted molar refractivity (Wildman–Crippen MR) is 87.5 cm³/mol. The van der Waals surface area contributed by atoms with Gasteiger partial charge in [0.25, 0.3) is 0 Å². The van der Waals surface area contributed by atoms with Gasteiger partial charge in [-0.1, -0.05) is 6.07 Å². The van der Waals surface area contributed by atoms with Crippen LogP contribution in [-0.4, -0.2) is 43.5 Å². The molecule has 2 rings (SSSR count). The molecule has 1 aliphatic rings. The average Bonchev–Trinajstić information content (AvgIpc) is 2.80. The molecule has 0 bridgehead atoms. The molecule has 0 saturated carbocycles. The molecular formula is C17H26FN3O. The van der Waals surface area contributed by atoms with E-state index < -0.39 is 0 Å². The number of likely N-dealkylation sites (tertiary alicyclic amines) is 1. The maximum absolute atomic E-state index is 13.5. The second-order valence-corrected chi connectivity index (χ2v) is 6.45. The first kappa shape index (κ1) is 16.7. The molecule has 1 saturated heterocycles. The van der Waals surface area contributed by atoms with Crippen LogP contribution in [0.15, 0.2) is 18.2 Å². The Balaban J connectivity index is 2.13. The first-order chi connectivity index (χ1) is 10.3. The van der Waals surface area contributed by atoms with Gasteiger partial charge in [0.15, 0.2) is 0 Å². The molecule has 0 aliphatic carbocycles. The van der Waals surface area contributed by atoms with Crippen LogP contribution in [-0.2, 0) is 4.79 Å². The second kappa shape index (κ2) is 6.65. The summed E-state index contributed by atoms with van der Waals surface area (Å²) in [5.74, 6) is -0.0852. The number of anilines is 1. The number of rotatable bonds is 5. The lowest BCUT2D eigenvalue weighted by molar-refractivity contribution is -0.130. The lowest BCUT2D eigenvalue weighted by atomic mass is 10.0. The van der Waals surface area contributed by atoms with Crippen molar-refractivity contribution in [3.05, 3.63) is 29.6 Å². The Labute approximate surface area is 132 Å². The number of carbonyl (C=O) groups is 1. The highest BCUT2D eigenvalue weighted by atomic mass is 19.1. The van der Waals surface area contributed by atoms with E-state index in [1.54, 1.807) is 6.07 Å². The molecule has 1 fully saturated rings. The Bertz CT molecular complexity index is 545. The van der Waals surface area contributed by atoms with Crippen LogP contribution in [0.5, 0.6) is 0 Å². The number of nitrogens with zero attached hydrogens (tertiary/aromatic N) is 2. The van der Waals surface area contributed by atoms with Gasteiger partial charge in [0.05, 0.1) is 6.04 Å². The van der Waals surface area contributed by atoms with Crippen LogP contribution < -0.4 is 10.2 Å². The number of benzene rings is 1. The molecule has 1 aromatic rings. The quantitative estimate of drug-likeness (QED) is 0.908. The summed E-state index contributed by atoms with van der Waals surface area (Å²) in [6.07, 6.45) is 0.819. The van der Waals surface area contributed by atoms with Crippen molar-refractivity contribution in [3.63, 3.8) is 0 Å². The highest BCUT2D eigenvalue weighted by molar-refractivity contribution is 5.84. The second-order valence-electron chi connectivity index (χ2n) is 6.45. The third-order valence-corrected chi connectivity index (χ3v) is 4.26. The number of halogens is 1. The van der Waals surface area contributed by atoms with Crippen molar-refractivity contribution in [2.24, 2.45) is 0 Å². The zero-order valence-corrected chi connectivity index (χ0v) is 14.1. The zero-order valence-electron chi connectivity index (χ0n) is 14.1. The maximum atomic E-state index is 13.5. The van der Waals surface area contributed by atoms with Crippen LogP contribution >= 0.6 is 0 Å². The SMILES string of the molecule is CC(C)N1CC[C@@H](N[C@@H](C)c2ccc(F)cc2N(C)C)C1=O. The third-order valence-electron chi connectivity index (χ3n) is 4.26. The molecule has 1 aliphatic heterocycles. The summed E-state index contributed by atoms with van der Waals surface area (Å²) in [5, 5.41) is 3.40. The van der Waals surface area contributed by atoms with Crippen LogP contribution in [0.1, 0.15) is 38.8 Å². The highest BCUT2D eigenvalue weighted by Crippen LogP contribution is 2.27. The van der Waals surface area contributed by atoms with Crippen molar-refractivity contribution in [1.82, 2.24) is 10.2 Å². The van der Waals surface area contributed by atoms with E-state index in [1.807, 2.05) is 44.7 Å². The summed E-state index contributed by atoms with van der Waals surface area (Å²) >= 11 is 0. The molecular weight excluding hydrogens is 281 g/mol. The van der Waals surface area contributed by atoms with Crippen LogP contribution in [0.3, 0.4) is 0 Å². The van der Waals surface area contributed by atoms with Gasteiger partial charge in [-0.15, -0.1) is 0 Å². The van der Waals surface area contributed by atoms with Gasteiger partial charge >= 0.3 is 0 Å². The number of carbonyl (C=O) groups excluding carboxylic acids is 1. The standard InChI is InChI=1S/C17H26FN3O/c1-11(2)21-9-8-15(17(21)22)19-12(3)14-7-6-13(18)10-16(14)20(4)5/h6-7,10-12,15,19H,8-9H2,1-5H3/t12-,15+/m0/s1. The fourth-order valence-corrected chi connectivity index (χ4v) is 3.03. The van der Waals surface area contributed by atoms with Crippen molar-refractivity contribution < 1.29 is 9.18 Å². The Kier molecular flexibility index (Phi) is 5.06. The first-order valence-electron chi connectivity index (χ1n) is 7.84. The smallest absolute Gasteiger partial charge is 0.240 e. The van der Waals surface area contributed by atoms with Crippen molar-refractivity contribution in [3.8, 4) is 0 Å². The number of nitrogens with one attached hydrogen (secondary N) is 1. The Hall–Kier alpha value is -1.62. The van der Waals surface area contributed by atoms with Crippen molar-refractivity contribution in [2.45, 2.75) is 45.3 Å². The molecule has 2 atom stereocenters. The van der Waals surface area contributed by atoms with E-state index >= 15 is 0 Å². The number of hydrogen-bond acceptors (Lipinski definition) is 3. The van der Waals surface area contributed by atoms with Crippen LogP contribution in [0.2, 0.25) is 0 Å². The summed E-state index contributed by atoms with van der Waals surface area (Å²) in [4.78, 5) is 16.2. The fraction of sp³-hybridized carbons (Fsp3) is 0.588. The van der Waals surface area contributed by atoms with Gasteiger partial charge in [-0.3, -0.25) is 10.1 Å². The van der Waals surface area contributed by atoms with Crippen molar-refractivity contribution >= 4 is 11.6 Å². The Morgan fingerprint density at radius 2 is 2.00 bits per heavy atom. The number of hydrogen-bond donors (Lipinski definition) is 1. The fourth-order valence-electron chi connectivity index (χ4n) is 3.03. The van der Waals surface area contributed by atoms with Gasteiger partial charge in [0.1, 0.15) is 5.82 Å². The van der Waals surface area contributed by atoms with Gasteiger partial charge in [-0.25, -0.2) is 4.39 Å². The van der Waals surface area contributed by atoms with Crippen LogP contribution in [0.4, 0.5) is 10.1 Å². The van der Waals surface area contributed by atoms with E-state index in [4.69, 9.17) is 0 Å². The monoisotopic (exact) mass is 307 g/mol. The summed E-state index contributed by atoms with van der Waals surface area (Å²) in [5.41, 5.74) is 1.84. The largest absolute Gasteiger partial charge is 0.377 e. The molecule has 0 radical (unpaired) electrons. The molecule has 1 aromatic carbocycles. The first-order valence-corrected chi connectivity index (χ1v) is 7.84. The molecule has 0 aromatic heterocycles. The maximum Gasteiger partial charge on any atom is 0.240 e. The molecule has 1 N–H and O–H groups in total. The summed E-state index contributed by atoms with van der Waals surface area (Å²) in [6, 6.07) is 4.86. The molecule has 0 spiro atoms. The summed E-state index contributed by atoms with van der Waals surface area (Å²) in [6.45, 7) is 6.89. The zero-order chi connectivity index (χ0) is 16.4. The van der Waals surface area contributed by atoms with E-state index in [0.717, 1.165) is 24.2 Å². The minimum absolute atomic E-state index is 0.0148. The van der Waals surface area contributed by atoms with Gasteiger partial charge in [0.2, 0.25) is 5.91 Å². The summed E-state index contributed by atoms with van der Waals surface area (Å²) < 4.78 is 13.5. The van der Waals surface area contributed by atoms with E-state index in [0.29, 0.717) is 0 Å². The highest BCUT2D eigenvalue weighted by Gasteiger charge is 2.34. The molecule has 122 valence electrons. The lowest BCUT2D eigenvalue weighted by Gasteiger charge is -2.25. The van der Waals surface area contributed by atoms with Crippen LogP contribution in [0, 0.1) is 5.82 Å². The van der Waals surface area contributed by atoms with Crippen LogP contribution in [0.25, 0.3) is 0 Å². The topological polar surface area (TPSA) is 35.6 Å². The lowest BCUT2D eigenvalue weighted by Crippen LogP contribution is -2.41. The molecule has 1 heterocycles. The van der Waals surface area contributed by atoms with E-state index in [1.165, 1.54) is 12.1 Å². The number of amides is 1. The molecule has 5 heteroatoms. The van der Waals surface area contributed by atoms with E-state index in [2.05, 4.69) is 5.32 Å². The van der Waals surface area contributed by atoms with E-state index in [-0.39, 0.29) is 29.8 Å². The molecule has 0 unspecified atom stereocenters. The minimum Gasteiger partial charge on any atom is -0.377 e.